The Morgan fingerprint density at radius 1 is 1.33 bits per heavy atom. The molecule has 5 nitrogen and oxygen atoms in total. The molecule has 0 aromatic carbocycles. The second kappa shape index (κ2) is 9.03. The Balaban J connectivity index is 0.00000208. The van der Waals surface area contributed by atoms with Crippen molar-refractivity contribution in [3.05, 3.63) is 23.5 Å². The smallest absolute Gasteiger partial charge is 0.193 e. The summed E-state index contributed by atoms with van der Waals surface area (Å²) < 4.78 is 2.06. The summed E-state index contributed by atoms with van der Waals surface area (Å²) >= 11 is 1.65. The average Bonchev–Trinajstić information content (AvgIpc) is 3.26. The minimum Gasteiger partial charge on any atom is -0.357 e. The summed E-state index contributed by atoms with van der Waals surface area (Å²) in [5, 5.41) is 8.96. The summed E-state index contributed by atoms with van der Waals surface area (Å²) in [4.78, 5) is 10.3. The number of guanidine groups is 1. The van der Waals surface area contributed by atoms with Crippen LogP contribution in [0.5, 0.6) is 0 Å². The molecule has 134 valence electrons. The fraction of sp³-hybridized carbons (Fsp3) is 0.647. The maximum atomic E-state index is 4.71. The van der Waals surface area contributed by atoms with Crippen LogP contribution in [0.25, 0.3) is 4.96 Å². The number of aliphatic imine (C=N–C) groups is 1. The second-order valence-electron chi connectivity index (χ2n) is 6.43. The minimum absolute atomic E-state index is 0. The van der Waals surface area contributed by atoms with E-state index in [9.17, 15) is 0 Å². The van der Waals surface area contributed by atoms with Crippen LogP contribution in [0.4, 0.5) is 0 Å². The predicted molar refractivity (Wildman–Crippen MR) is 112 cm³/mol. The van der Waals surface area contributed by atoms with Crippen molar-refractivity contribution in [2.75, 3.05) is 13.1 Å². The van der Waals surface area contributed by atoms with E-state index in [0.717, 1.165) is 29.7 Å². The fourth-order valence-electron chi connectivity index (χ4n) is 3.41. The molecule has 24 heavy (non-hydrogen) atoms. The van der Waals surface area contributed by atoms with Gasteiger partial charge in [0.05, 0.1) is 12.2 Å². The predicted octanol–water partition coefficient (Wildman–Crippen LogP) is 4.04. The van der Waals surface area contributed by atoms with E-state index in [1.165, 1.54) is 32.1 Å². The van der Waals surface area contributed by atoms with E-state index >= 15 is 0 Å². The lowest BCUT2D eigenvalue weighted by atomic mass is 9.83. The maximum Gasteiger partial charge on any atom is 0.193 e. The number of hydrogen-bond acceptors (Lipinski definition) is 3. The summed E-state index contributed by atoms with van der Waals surface area (Å²) in [7, 11) is 0. The van der Waals surface area contributed by atoms with Gasteiger partial charge in [-0.1, -0.05) is 19.8 Å². The molecule has 2 heterocycles. The van der Waals surface area contributed by atoms with Gasteiger partial charge < -0.3 is 10.6 Å². The zero-order valence-electron chi connectivity index (χ0n) is 14.5. The largest absolute Gasteiger partial charge is 0.357 e. The number of fused-ring (bicyclic) bond motifs is 1. The van der Waals surface area contributed by atoms with Crippen LogP contribution in [-0.2, 0) is 6.54 Å². The van der Waals surface area contributed by atoms with Gasteiger partial charge in [0.25, 0.3) is 0 Å². The Bertz CT molecular complexity index is 628. The molecular formula is C17H28IN5S. The van der Waals surface area contributed by atoms with E-state index in [0.29, 0.717) is 12.0 Å². The van der Waals surface area contributed by atoms with E-state index < -0.39 is 0 Å². The molecule has 0 saturated heterocycles. The van der Waals surface area contributed by atoms with E-state index in [1.54, 1.807) is 11.3 Å². The summed E-state index contributed by atoms with van der Waals surface area (Å²) in [6.07, 6.45) is 10.8. The van der Waals surface area contributed by atoms with Crippen molar-refractivity contribution in [3.63, 3.8) is 0 Å². The molecule has 1 aliphatic rings. The van der Waals surface area contributed by atoms with Crippen molar-refractivity contribution in [1.82, 2.24) is 20.0 Å². The van der Waals surface area contributed by atoms with Gasteiger partial charge in [0.1, 0.15) is 0 Å². The number of nitrogens with one attached hydrogen (secondary N) is 2. The van der Waals surface area contributed by atoms with Crippen LogP contribution in [-0.4, -0.2) is 28.4 Å². The van der Waals surface area contributed by atoms with Gasteiger partial charge in [0.15, 0.2) is 10.9 Å². The van der Waals surface area contributed by atoms with Gasteiger partial charge in [-0.05, 0) is 31.6 Å². The van der Waals surface area contributed by atoms with Crippen LogP contribution >= 0.6 is 35.3 Å². The molecule has 0 atom stereocenters. The molecular weight excluding hydrogens is 433 g/mol. The zero-order valence-corrected chi connectivity index (χ0v) is 17.7. The topological polar surface area (TPSA) is 53.7 Å². The maximum absolute atomic E-state index is 4.71. The van der Waals surface area contributed by atoms with Crippen LogP contribution in [0.2, 0.25) is 0 Å². The standard InChI is InChI=1S/C17H27N5S.HI/c1-3-17(7-5-6-8-17)13-20-15(18-4-2)19-11-14-12-22-9-10-23-16(22)21-14;/h9-10,12H,3-8,11,13H2,1-2H3,(H2,18,19,20);1H. The SMILES string of the molecule is CCNC(=NCc1cn2ccsc2n1)NCC1(CC)CCCC1.I. The van der Waals surface area contributed by atoms with Gasteiger partial charge in [0, 0.05) is 30.9 Å². The number of imidazole rings is 1. The van der Waals surface area contributed by atoms with Gasteiger partial charge in [-0.3, -0.25) is 4.40 Å². The fourth-order valence-corrected chi connectivity index (χ4v) is 4.12. The van der Waals surface area contributed by atoms with Gasteiger partial charge in [-0.15, -0.1) is 35.3 Å². The lowest BCUT2D eigenvalue weighted by Gasteiger charge is -2.28. The summed E-state index contributed by atoms with van der Waals surface area (Å²) in [5.74, 6) is 0.906. The third-order valence-electron chi connectivity index (χ3n) is 4.93. The second-order valence-corrected chi connectivity index (χ2v) is 7.31. The van der Waals surface area contributed by atoms with E-state index in [-0.39, 0.29) is 24.0 Å². The first-order valence-electron chi connectivity index (χ1n) is 8.68. The molecule has 1 saturated carbocycles. The molecule has 2 N–H and O–H groups in total. The Labute approximate surface area is 165 Å². The van der Waals surface area contributed by atoms with Gasteiger partial charge in [-0.2, -0.15) is 0 Å². The molecule has 0 aliphatic heterocycles. The van der Waals surface area contributed by atoms with Crippen molar-refractivity contribution in [3.8, 4) is 0 Å². The third-order valence-corrected chi connectivity index (χ3v) is 5.70. The first-order chi connectivity index (χ1) is 11.2. The molecule has 0 spiro atoms. The van der Waals surface area contributed by atoms with Crippen LogP contribution in [0.1, 0.15) is 51.6 Å². The monoisotopic (exact) mass is 461 g/mol. The number of halogens is 1. The molecule has 1 aliphatic carbocycles. The van der Waals surface area contributed by atoms with Crippen molar-refractivity contribution in [2.45, 2.75) is 52.5 Å². The van der Waals surface area contributed by atoms with E-state index in [2.05, 4.69) is 40.1 Å². The van der Waals surface area contributed by atoms with Crippen molar-refractivity contribution in [2.24, 2.45) is 10.4 Å². The highest BCUT2D eigenvalue weighted by molar-refractivity contribution is 14.0. The van der Waals surface area contributed by atoms with Crippen molar-refractivity contribution in [1.29, 1.82) is 0 Å². The van der Waals surface area contributed by atoms with Crippen LogP contribution in [0.3, 0.4) is 0 Å². The number of nitrogens with zero attached hydrogens (tertiary/aromatic N) is 3. The molecule has 2 aromatic rings. The third kappa shape index (κ3) is 4.62. The zero-order chi connectivity index (χ0) is 16.1. The Kier molecular flexibility index (Phi) is 7.34. The summed E-state index contributed by atoms with van der Waals surface area (Å²) in [6, 6.07) is 0. The molecule has 0 radical (unpaired) electrons. The minimum atomic E-state index is 0. The normalized spacial score (nSPS) is 17.0. The highest BCUT2D eigenvalue weighted by atomic mass is 127. The quantitative estimate of drug-likeness (QED) is 0.388. The van der Waals surface area contributed by atoms with E-state index in [1.807, 2.05) is 11.6 Å². The molecule has 2 aromatic heterocycles. The summed E-state index contributed by atoms with van der Waals surface area (Å²) in [5.41, 5.74) is 1.48. The number of hydrogen-bond donors (Lipinski definition) is 2. The van der Waals surface area contributed by atoms with Crippen LogP contribution in [0, 0.1) is 5.41 Å². The number of aromatic nitrogens is 2. The first-order valence-corrected chi connectivity index (χ1v) is 9.56. The Morgan fingerprint density at radius 2 is 2.12 bits per heavy atom. The van der Waals surface area contributed by atoms with Crippen LogP contribution in [0.15, 0.2) is 22.8 Å². The average molecular weight is 461 g/mol. The highest BCUT2D eigenvalue weighted by Gasteiger charge is 2.31. The molecule has 7 heteroatoms. The first kappa shape index (κ1) is 19.5. The molecule has 0 unspecified atom stereocenters. The molecule has 0 bridgehead atoms. The van der Waals surface area contributed by atoms with Crippen molar-refractivity contribution >= 4 is 46.2 Å². The van der Waals surface area contributed by atoms with Crippen LogP contribution < -0.4 is 10.6 Å². The Morgan fingerprint density at radius 3 is 2.79 bits per heavy atom. The van der Waals surface area contributed by atoms with E-state index in [4.69, 9.17) is 4.99 Å². The molecule has 0 amide bonds. The van der Waals surface area contributed by atoms with Crippen molar-refractivity contribution < 1.29 is 0 Å². The highest BCUT2D eigenvalue weighted by Crippen LogP contribution is 2.40. The summed E-state index contributed by atoms with van der Waals surface area (Å²) in [6.45, 7) is 6.93. The molecule has 1 fully saturated rings. The number of thiazole rings is 1. The van der Waals surface area contributed by atoms with Gasteiger partial charge in [0.2, 0.25) is 0 Å². The lowest BCUT2D eigenvalue weighted by molar-refractivity contribution is 0.283. The number of rotatable bonds is 6. The van der Waals surface area contributed by atoms with Gasteiger partial charge >= 0.3 is 0 Å². The lowest BCUT2D eigenvalue weighted by Crippen LogP contribution is -2.42. The van der Waals surface area contributed by atoms with Gasteiger partial charge in [-0.25, -0.2) is 9.98 Å². The Hall–Kier alpha value is -0.830. The molecule has 3 rings (SSSR count).